The van der Waals surface area contributed by atoms with Crippen molar-refractivity contribution in [2.24, 2.45) is 5.41 Å². The predicted molar refractivity (Wildman–Crippen MR) is 112 cm³/mol. The summed E-state index contributed by atoms with van der Waals surface area (Å²) in [5.74, 6) is -0.250. The van der Waals surface area contributed by atoms with Crippen LogP contribution in [0.5, 0.6) is 0 Å². The summed E-state index contributed by atoms with van der Waals surface area (Å²) < 4.78 is 40.6. The van der Waals surface area contributed by atoms with Crippen molar-refractivity contribution in [3.8, 4) is 0 Å². The molecule has 1 N–H and O–H groups in total. The second kappa shape index (κ2) is 10.9. The second-order valence-corrected chi connectivity index (χ2v) is 10.0. The number of hydrogen-bond acceptors (Lipinski definition) is 4. The van der Waals surface area contributed by atoms with E-state index < -0.39 is 15.4 Å². The van der Waals surface area contributed by atoms with E-state index in [1.807, 2.05) is 11.8 Å². The zero-order chi connectivity index (χ0) is 22.2. The average molecular weight is 443 g/mol. The third-order valence-electron chi connectivity index (χ3n) is 5.69. The SMILES string of the molecule is CCCCS(=O)(=O)N1CC(Cc2ccccc2F)(C(=O)N2CCCCC2)C1.O=CO. The van der Waals surface area contributed by atoms with Crippen molar-refractivity contribution in [3.05, 3.63) is 35.6 Å². The Bertz CT molecular complexity index is 818. The summed E-state index contributed by atoms with van der Waals surface area (Å²) >= 11 is 0. The number of amides is 1. The molecule has 0 spiro atoms. The minimum absolute atomic E-state index is 0.0209. The van der Waals surface area contributed by atoms with Gasteiger partial charge in [0.1, 0.15) is 5.82 Å². The molecule has 0 bridgehead atoms. The highest BCUT2D eigenvalue weighted by atomic mass is 32.2. The first-order valence-corrected chi connectivity index (χ1v) is 12.0. The van der Waals surface area contributed by atoms with Crippen LogP contribution in [-0.2, 0) is 26.0 Å². The number of sulfonamides is 1. The molecule has 0 aromatic heterocycles. The molecule has 7 nitrogen and oxygen atoms in total. The first-order valence-electron chi connectivity index (χ1n) is 10.4. The maximum atomic E-state index is 14.2. The van der Waals surface area contributed by atoms with Gasteiger partial charge in [0.2, 0.25) is 15.9 Å². The summed E-state index contributed by atoms with van der Waals surface area (Å²) in [6.45, 7) is 3.43. The van der Waals surface area contributed by atoms with Crippen LogP contribution in [0.3, 0.4) is 0 Å². The molecule has 0 radical (unpaired) electrons. The van der Waals surface area contributed by atoms with E-state index in [1.165, 1.54) is 10.4 Å². The van der Waals surface area contributed by atoms with Gasteiger partial charge in [0.25, 0.3) is 6.47 Å². The van der Waals surface area contributed by atoms with Gasteiger partial charge in [-0.25, -0.2) is 12.8 Å². The lowest BCUT2D eigenvalue weighted by molar-refractivity contribution is -0.150. The number of rotatable bonds is 7. The van der Waals surface area contributed by atoms with Crippen LogP contribution in [0.25, 0.3) is 0 Å². The Hall–Kier alpha value is -2.00. The summed E-state index contributed by atoms with van der Waals surface area (Å²) in [4.78, 5) is 23.5. The van der Waals surface area contributed by atoms with Gasteiger partial charge in [-0.05, 0) is 43.7 Å². The summed E-state index contributed by atoms with van der Waals surface area (Å²) in [5, 5.41) is 6.89. The van der Waals surface area contributed by atoms with E-state index in [-0.39, 0.29) is 43.5 Å². The first-order chi connectivity index (χ1) is 14.3. The second-order valence-electron chi connectivity index (χ2n) is 7.94. The number of carbonyl (C=O) groups excluding carboxylic acids is 1. The highest BCUT2D eigenvalue weighted by Crippen LogP contribution is 2.39. The van der Waals surface area contributed by atoms with E-state index in [2.05, 4.69) is 0 Å². The number of carboxylic acid groups (broad SMARTS) is 1. The molecule has 0 saturated carbocycles. The molecule has 30 heavy (non-hydrogen) atoms. The molecule has 0 unspecified atom stereocenters. The zero-order valence-corrected chi connectivity index (χ0v) is 18.2. The topological polar surface area (TPSA) is 95.0 Å². The highest BCUT2D eigenvalue weighted by Gasteiger charge is 2.54. The van der Waals surface area contributed by atoms with Crippen LogP contribution in [-0.4, -0.2) is 67.0 Å². The number of unbranched alkanes of at least 4 members (excludes halogenated alkanes) is 1. The number of nitrogens with zero attached hydrogens (tertiary/aromatic N) is 2. The van der Waals surface area contributed by atoms with Crippen molar-refractivity contribution >= 4 is 22.4 Å². The van der Waals surface area contributed by atoms with Crippen LogP contribution in [0, 0.1) is 11.2 Å². The first kappa shape index (κ1) is 24.3. The maximum absolute atomic E-state index is 14.2. The molecule has 2 saturated heterocycles. The van der Waals surface area contributed by atoms with Crippen molar-refractivity contribution < 1.29 is 27.5 Å². The summed E-state index contributed by atoms with van der Waals surface area (Å²) in [6.07, 6.45) is 4.72. The van der Waals surface area contributed by atoms with Crippen LogP contribution in [0.1, 0.15) is 44.6 Å². The normalized spacial score (nSPS) is 18.7. The molecule has 2 heterocycles. The van der Waals surface area contributed by atoms with Crippen molar-refractivity contribution in [1.29, 1.82) is 0 Å². The molecule has 1 aromatic carbocycles. The maximum Gasteiger partial charge on any atom is 0.290 e. The number of carbonyl (C=O) groups is 2. The smallest absolute Gasteiger partial charge is 0.290 e. The van der Waals surface area contributed by atoms with Crippen LogP contribution in [0.4, 0.5) is 4.39 Å². The molecule has 2 aliphatic heterocycles. The molecule has 1 aromatic rings. The lowest BCUT2D eigenvalue weighted by atomic mass is 9.74. The summed E-state index contributed by atoms with van der Waals surface area (Å²) in [7, 11) is -3.35. The summed E-state index contributed by atoms with van der Waals surface area (Å²) in [5.41, 5.74) is -0.368. The van der Waals surface area contributed by atoms with E-state index in [0.717, 1.165) is 25.7 Å². The fraction of sp³-hybridized carbons (Fsp3) is 0.619. The number of benzene rings is 1. The molecule has 1 amide bonds. The number of halogens is 1. The third kappa shape index (κ3) is 5.78. The van der Waals surface area contributed by atoms with Crippen LogP contribution < -0.4 is 0 Å². The lowest BCUT2D eigenvalue weighted by Gasteiger charge is -2.50. The molecule has 9 heteroatoms. The Labute approximate surface area is 177 Å². The fourth-order valence-corrected chi connectivity index (χ4v) is 5.84. The Morgan fingerprint density at radius 2 is 1.80 bits per heavy atom. The van der Waals surface area contributed by atoms with Crippen molar-refractivity contribution in [3.63, 3.8) is 0 Å². The zero-order valence-electron chi connectivity index (χ0n) is 17.4. The standard InChI is InChI=1S/C20H29FN2O3S.CH2O2/c1-2-3-13-27(25,26)23-15-20(16-23,14-17-9-5-6-10-18(17)21)19(24)22-11-7-4-8-12-22;2-1-3/h5-6,9-10H,2-4,7-8,11-16H2,1H3;1H,(H,2,3). The van der Waals surface area contributed by atoms with Gasteiger partial charge in [-0.2, -0.15) is 4.31 Å². The summed E-state index contributed by atoms with van der Waals surface area (Å²) in [6, 6.07) is 6.46. The quantitative estimate of drug-likeness (QED) is 0.655. The minimum atomic E-state index is -3.35. The van der Waals surface area contributed by atoms with E-state index in [9.17, 15) is 17.6 Å². The molecular formula is C21H31FN2O5S. The Morgan fingerprint density at radius 1 is 1.20 bits per heavy atom. The van der Waals surface area contributed by atoms with Gasteiger partial charge >= 0.3 is 0 Å². The Kier molecular flexibility index (Phi) is 8.78. The fourth-order valence-electron chi connectivity index (χ4n) is 4.04. The van der Waals surface area contributed by atoms with E-state index >= 15 is 0 Å². The molecule has 0 atom stereocenters. The van der Waals surface area contributed by atoms with Gasteiger partial charge in [0.05, 0.1) is 11.2 Å². The molecule has 168 valence electrons. The van der Waals surface area contributed by atoms with Gasteiger partial charge in [0.15, 0.2) is 0 Å². The average Bonchev–Trinajstić information content (AvgIpc) is 2.71. The van der Waals surface area contributed by atoms with E-state index in [4.69, 9.17) is 9.90 Å². The predicted octanol–water partition coefficient (Wildman–Crippen LogP) is 2.51. The Balaban J connectivity index is 0.00000101. The lowest BCUT2D eigenvalue weighted by Crippen LogP contribution is -2.66. The molecule has 0 aliphatic carbocycles. The van der Waals surface area contributed by atoms with E-state index in [0.29, 0.717) is 25.1 Å². The van der Waals surface area contributed by atoms with Gasteiger partial charge in [-0.15, -0.1) is 0 Å². The molecule has 2 aliphatic rings. The largest absolute Gasteiger partial charge is 0.483 e. The highest BCUT2D eigenvalue weighted by molar-refractivity contribution is 7.89. The van der Waals surface area contributed by atoms with Crippen LogP contribution in [0.2, 0.25) is 0 Å². The number of hydrogen-bond donors (Lipinski definition) is 1. The van der Waals surface area contributed by atoms with Gasteiger partial charge in [-0.1, -0.05) is 31.5 Å². The van der Waals surface area contributed by atoms with Crippen molar-refractivity contribution in [1.82, 2.24) is 9.21 Å². The van der Waals surface area contributed by atoms with Gasteiger partial charge in [-0.3, -0.25) is 9.59 Å². The third-order valence-corrected chi connectivity index (χ3v) is 7.54. The monoisotopic (exact) mass is 442 g/mol. The van der Waals surface area contributed by atoms with Crippen LogP contribution in [0.15, 0.2) is 24.3 Å². The van der Waals surface area contributed by atoms with Gasteiger partial charge < -0.3 is 10.0 Å². The van der Waals surface area contributed by atoms with Crippen LogP contribution >= 0.6 is 0 Å². The number of piperidine rings is 1. The molecule has 3 rings (SSSR count). The Morgan fingerprint density at radius 3 is 2.37 bits per heavy atom. The van der Waals surface area contributed by atoms with E-state index in [1.54, 1.807) is 18.2 Å². The molecular weight excluding hydrogens is 411 g/mol. The van der Waals surface area contributed by atoms with Gasteiger partial charge in [0, 0.05) is 26.2 Å². The minimum Gasteiger partial charge on any atom is -0.483 e. The van der Waals surface area contributed by atoms with Crippen molar-refractivity contribution in [2.75, 3.05) is 31.9 Å². The van der Waals surface area contributed by atoms with Crippen molar-refractivity contribution in [2.45, 2.75) is 45.4 Å². The molecule has 2 fully saturated rings. The number of likely N-dealkylation sites (tertiary alicyclic amines) is 1.